The van der Waals surface area contributed by atoms with Crippen molar-refractivity contribution < 1.29 is 14.7 Å². The molecule has 1 amide bonds. The Bertz CT molecular complexity index is 646. The molecular weight excluding hydrogens is 364 g/mol. The second-order valence-electron chi connectivity index (χ2n) is 4.14. The van der Waals surface area contributed by atoms with Crippen LogP contribution in [0.1, 0.15) is 43.7 Å². The standard InChI is InChI=1S/C12H11BrN2O3S2/c1-5-3-8(20-9(5)13)10(16)14-6(2)11-15-7(4-19-11)12(17)18/h3-4,6H,1-2H3,(H,14,16)(H,17,18). The van der Waals surface area contributed by atoms with E-state index in [1.54, 1.807) is 13.0 Å². The first-order valence-corrected chi connectivity index (χ1v) is 8.13. The number of nitrogens with one attached hydrogen (secondary N) is 1. The summed E-state index contributed by atoms with van der Waals surface area (Å²) < 4.78 is 0.928. The zero-order valence-corrected chi connectivity index (χ0v) is 13.9. The molecule has 0 saturated carbocycles. The maximum Gasteiger partial charge on any atom is 0.355 e. The Morgan fingerprint density at radius 1 is 1.50 bits per heavy atom. The van der Waals surface area contributed by atoms with Crippen LogP contribution in [0, 0.1) is 6.92 Å². The quantitative estimate of drug-likeness (QED) is 0.858. The SMILES string of the molecule is Cc1cc(C(=O)NC(C)c2nc(C(=O)O)cs2)sc1Br. The molecule has 2 rings (SSSR count). The van der Waals surface area contributed by atoms with E-state index in [9.17, 15) is 9.59 Å². The fraction of sp³-hybridized carbons (Fsp3) is 0.250. The molecule has 2 aromatic heterocycles. The lowest BCUT2D eigenvalue weighted by Gasteiger charge is -2.09. The highest BCUT2D eigenvalue weighted by Gasteiger charge is 2.18. The van der Waals surface area contributed by atoms with Crippen molar-refractivity contribution in [1.29, 1.82) is 0 Å². The number of carbonyl (C=O) groups excluding carboxylic acids is 1. The molecule has 106 valence electrons. The van der Waals surface area contributed by atoms with Crippen LogP contribution in [0.15, 0.2) is 15.2 Å². The Morgan fingerprint density at radius 3 is 2.70 bits per heavy atom. The van der Waals surface area contributed by atoms with Gasteiger partial charge in [-0.15, -0.1) is 22.7 Å². The Labute approximate surface area is 131 Å². The van der Waals surface area contributed by atoms with Gasteiger partial charge in [0, 0.05) is 5.38 Å². The Morgan fingerprint density at radius 2 is 2.20 bits per heavy atom. The molecule has 0 aliphatic heterocycles. The highest BCUT2D eigenvalue weighted by atomic mass is 79.9. The van der Waals surface area contributed by atoms with Gasteiger partial charge in [0.05, 0.1) is 14.7 Å². The number of nitrogens with zero attached hydrogens (tertiary/aromatic N) is 1. The number of aryl methyl sites for hydroxylation is 1. The van der Waals surface area contributed by atoms with E-state index in [2.05, 4.69) is 26.2 Å². The Kier molecular flexibility index (Phi) is 4.56. The summed E-state index contributed by atoms with van der Waals surface area (Å²) in [4.78, 5) is 27.4. The van der Waals surface area contributed by atoms with Crippen molar-refractivity contribution in [2.45, 2.75) is 19.9 Å². The number of halogens is 1. The fourth-order valence-corrected chi connectivity index (χ4v) is 3.72. The zero-order valence-electron chi connectivity index (χ0n) is 10.6. The van der Waals surface area contributed by atoms with E-state index < -0.39 is 5.97 Å². The summed E-state index contributed by atoms with van der Waals surface area (Å²) >= 11 is 5.96. The average molecular weight is 375 g/mol. The lowest BCUT2D eigenvalue weighted by Crippen LogP contribution is -2.25. The molecule has 1 unspecified atom stereocenters. The molecule has 0 aliphatic rings. The predicted octanol–water partition coefficient (Wildman–Crippen LogP) is 3.46. The normalized spacial score (nSPS) is 12.2. The van der Waals surface area contributed by atoms with Crippen molar-refractivity contribution in [3.63, 3.8) is 0 Å². The number of thiazole rings is 1. The Hall–Kier alpha value is -1.25. The van der Waals surface area contributed by atoms with E-state index in [1.165, 1.54) is 28.1 Å². The predicted molar refractivity (Wildman–Crippen MR) is 81.7 cm³/mol. The van der Waals surface area contributed by atoms with Gasteiger partial charge in [-0.05, 0) is 41.4 Å². The maximum atomic E-state index is 12.1. The van der Waals surface area contributed by atoms with Gasteiger partial charge in [-0.2, -0.15) is 0 Å². The van der Waals surface area contributed by atoms with Crippen LogP contribution in [0.25, 0.3) is 0 Å². The van der Waals surface area contributed by atoms with Crippen LogP contribution in [0.3, 0.4) is 0 Å². The van der Waals surface area contributed by atoms with Crippen molar-refractivity contribution in [1.82, 2.24) is 10.3 Å². The molecule has 20 heavy (non-hydrogen) atoms. The van der Waals surface area contributed by atoms with Gasteiger partial charge < -0.3 is 10.4 Å². The van der Waals surface area contributed by atoms with Crippen molar-refractivity contribution >= 4 is 50.5 Å². The van der Waals surface area contributed by atoms with Gasteiger partial charge in [-0.25, -0.2) is 9.78 Å². The third-order valence-electron chi connectivity index (χ3n) is 2.54. The monoisotopic (exact) mass is 374 g/mol. The molecule has 8 heteroatoms. The summed E-state index contributed by atoms with van der Waals surface area (Å²) in [5.41, 5.74) is 1.01. The van der Waals surface area contributed by atoms with E-state index in [4.69, 9.17) is 5.11 Å². The number of aromatic nitrogens is 1. The van der Waals surface area contributed by atoms with E-state index in [0.29, 0.717) is 9.88 Å². The van der Waals surface area contributed by atoms with Crippen LogP contribution in [-0.2, 0) is 0 Å². The molecule has 2 N–H and O–H groups in total. The first kappa shape index (κ1) is 15.1. The summed E-state index contributed by atoms with van der Waals surface area (Å²) in [6.07, 6.45) is 0. The summed E-state index contributed by atoms with van der Waals surface area (Å²) in [5.74, 6) is -1.26. The van der Waals surface area contributed by atoms with E-state index in [0.717, 1.165) is 9.35 Å². The summed E-state index contributed by atoms with van der Waals surface area (Å²) in [5, 5.41) is 13.7. The molecule has 5 nitrogen and oxygen atoms in total. The molecule has 2 heterocycles. The zero-order chi connectivity index (χ0) is 14.9. The van der Waals surface area contributed by atoms with Gasteiger partial charge in [-0.3, -0.25) is 4.79 Å². The molecule has 0 spiro atoms. The molecule has 0 saturated heterocycles. The van der Waals surface area contributed by atoms with Crippen molar-refractivity contribution in [3.05, 3.63) is 36.4 Å². The van der Waals surface area contributed by atoms with E-state index in [1.807, 2.05) is 6.92 Å². The van der Waals surface area contributed by atoms with Crippen LogP contribution in [0.4, 0.5) is 0 Å². The maximum absolute atomic E-state index is 12.1. The van der Waals surface area contributed by atoms with Crippen LogP contribution in [-0.4, -0.2) is 22.0 Å². The third-order valence-corrected chi connectivity index (χ3v) is 5.70. The summed E-state index contributed by atoms with van der Waals surface area (Å²) in [6.45, 7) is 3.69. The minimum absolute atomic E-state index is 0.000751. The number of amides is 1. The minimum atomic E-state index is -1.07. The first-order valence-electron chi connectivity index (χ1n) is 5.64. The van der Waals surface area contributed by atoms with Crippen LogP contribution in [0.5, 0.6) is 0 Å². The number of carboxylic acid groups (broad SMARTS) is 1. The second kappa shape index (κ2) is 6.02. The molecule has 1 atom stereocenters. The van der Waals surface area contributed by atoms with E-state index >= 15 is 0 Å². The highest BCUT2D eigenvalue weighted by molar-refractivity contribution is 9.11. The molecular formula is C12H11BrN2O3S2. The van der Waals surface area contributed by atoms with Gasteiger partial charge >= 0.3 is 5.97 Å². The summed E-state index contributed by atoms with van der Waals surface area (Å²) in [6, 6.07) is 1.48. The molecule has 0 aromatic carbocycles. The van der Waals surface area contributed by atoms with Crippen LogP contribution < -0.4 is 5.32 Å². The third kappa shape index (κ3) is 3.25. The average Bonchev–Trinajstić information content (AvgIpc) is 2.97. The topological polar surface area (TPSA) is 79.3 Å². The first-order chi connectivity index (χ1) is 9.38. The van der Waals surface area contributed by atoms with E-state index in [-0.39, 0.29) is 17.6 Å². The number of carboxylic acids is 1. The number of aromatic carboxylic acids is 1. The van der Waals surface area contributed by atoms with Gasteiger partial charge in [0.2, 0.25) is 0 Å². The lowest BCUT2D eigenvalue weighted by molar-refractivity contribution is 0.0691. The van der Waals surface area contributed by atoms with Crippen molar-refractivity contribution in [2.24, 2.45) is 0 Å². The van der Waals surface area contributed by atoms with Gasteiger partial charge in [-0.1, -0.05) is 0 Å². The number of carbonyl (C=O) groups is 2. The van der Waals surface area contributed by atoms with Crippen molar-refractivity contribution in [2.75, 3.05) is 0 Å². The summed E-state index contributed by atoms with van der Waals surface area (Å²) in [7, 11) is 0. The second-order valence-corrected chi connectivity index (χ2v) is 7.40. The van der Waals surface area contributed by atoms with Crippen LogP contribution >= 0.6 is 38.6 Å². The number of thiophene rings is 1. The van der Waals surface area contributed by atoms with Crippen LogP contribution in [0.2, 0.25) is 0 Å². The molecule has 0 radical (unpaired) electrons. The van der Waals surface area contributed by atoms with Gasteiger partial charge in [0.25, 0.3) is 5.91 Å². The van der Waals surface area contributed by atoms with Gasteiger partial charge in [0.15, 0.2) is 5.69 Å². The smallest absolute Gasteiger partial charge is 0.355 e. The lowest BCUT2D eigenvalue weighted by atomic mass is 10.3. The minimum Gasteiger partial charge on any atom is -0.476 e. The fourth-order valence-electron chi connectivity index (χ4n) is 1.49. The van der Waals surface area contributed by atoms with Crippen molar-refractivity contribution in [3.8, 4) is 0 Å². The molecule has 0 fully saturated rings. The number of rotatable bonds is 4. The highest BCUT2D eigenvalue weighted by Crippen LogP contribution is 2.28. The van der Waals surface area contributed by atoms with Gasteiger partial charge in [0.1, 0.15) is 5.01 Å². The molecule has 0 bridgehead atoms. The number of hydrogen-bond acceptors (Lipinski definition) is 5. The number of hydrogen-bond donors (Lipinski definition) is 2. The molecule has 0 aliphatic carbocycles. The Balaban J connectivity index is 2.08. The molecule has 2 aromatic rings. The largest absolute Gasteiger partial charge is 0.476 e.